The monoisotopic (exact) mass is 306 g/mol. The minimum Gasteiger partial charge on any atom is -0.353 e. The van der Waals surface area contributed by atoms with E-state index in [2.05, 4.69) is 16.3 Å². The second-order valence-corrected chi connectivity index (χ2v) is 6.69. The fourth-order valence-electron chi connectivity index (χ4n) is 3.33. The number of carbonyl (C=O) groups excluding carboxylic acids is 2. The standard InChI is InChI=1S/C16H26N4O2/c1-13(2)18-14(21)11-19-7-9-20(10-8-19)15(22)16(12-17)5-3-4-6-16/h13H,3-11H2,1-2H3,(H,18,21). The van der Waals surface area contributed by atoms with Gasteiger partial charge in [0.05, 0.1) is 12.6 Å². The van der Waals surface area contributed by atoms with Gasteiger partial charge in [0.25, 0.3) is 0 Å². The zero-order chi connectivity index (χ0) is 16.2. The number of nitriles is 1. The molecule has 1 saturated heterocycles. The largest absolute Gasteiger partial charge is 0.353 e. The van der Waals surface area contributed by atoms with Gasteiger partial charge >= 0.3 is 0 Å². The van der Waals surface area contributed by atoms with Gasteiger partial charge in [0, 0.05) is 32.2 Å². The Hall–Kier alpha value is -1.61. The summed E-state index contributed by atoms with van der Waals surface area (Å²) in [6.07, 6.45) is 3.32. The lowest BCUT2D eigenvalue weighted by atomic mass is 9.86. The lowest BCUT2D eigenvalue weighted by molar-refractivity contribution is -0.140. The lowest BCUT2D eigenvalue weighted by Crippen LogP contribution is -2.54. The molecule has 0 aromatic carbocycles. The van der Waals surface area contributed by atoms with Crippen molar-refractivity contribution in [2.45, 2.75) is 45.6 Å². The molecule has 0 bridgehead atoms. The van der Waals surface area contributed by atoms with Crippen LogP contribution in [0.4, 0.5) is 0 Å². The molecule has 0 aromatic heterocycles. The van der Waals surface area contributed by atoms with E-state index >= 15 is 0 Å². The average Bonchev–Trinajstić information content (AvgIpc) is 2.96. The van der Waals surface area contributed by atoms with E-state index in [0.717, 1.165) is 12.8 Å². The first-order valence-corrected chi connectivity index (χ1v) is 8.19. The molecule has 2 aliphatic rings. The Balaban J connectivity index is 1.83. The summed E-state index contributed by atoms with van der Waals surface area (Å²) in [5, 5.41) is 12.3. The highest BCUT2D eigenvalue weighted by Gasteiger charge is 2.44. The molecule has 1 aliphatic heterocycles. The van der Waals surface area contributed by atoms with Gasteiger partial charge in [-0.3, -0.25) is 14.5 Å². The van der Waals surface area contributed by atoms with Crippen LogP contribution in [-0.4, -0.2) is 60.4 Å². The second-order valence-electron chi connectivity index (χ2n) is 6.69. The number of amides is 2. The van der Waals surface area contributed by atoms with Crippen molar-refractivity contribution in [3.05, 3.63) is 0 Å². The molecule has 2 rings (SSSR count). The molecule has 0 radical (unpaired) electrons. The molecule has 1 aliphatic carbocycles. The molecule has 1 saturated carbocycles. The Bertz CT molecular complexity index is 455. The molecule has 2 fully saturated rings. The normalized spacial score (nSPS) is 21.6. The van der Waals surface area contributed by atoms with Gasteiger partial charge in [-0.1, -0.05) is 12.8 Å². The van der Waals surface area contributed by atoms with Gasteiger partial charge in [-0.15, -0.1) is 0 Å². The predicted octanol–water partition coefficient (Wildman–Crippen LogP) is 0.739. The van der Waals surface area contributed by atoms with Crippen LogP contribution in [0.2, 0.25) is 0 Å². The van der Waals surface area contributed by atoms with Gasteiger partial charge in [-0.25, -0.2) is 0 Å². The van der Waals surface area contributed by atoms with E-state index in [9.17, 15) is 14.9 Å². The summed E-state index contributed by atoms with van der Waals surface area (Å²) in [5.41, 5.74) is -0.781. The number of piperazine rings is 1. The first-order chi connectivity index (χ1) is 10.5. The quantitative estimate of drug-likeness (QED) is 0.831. The van der Waals surface area contributed by atoms with Crippen LogP contribution < -0.4 is 5.32 Å². The lowest BCUT2D eigenvalue weighted by Gasteiger charge is -2.37. The highest BCUT2D eigenvalue weighted by Crippen LogP contribution is 2.39. The van der Waals surface area contributed by atoms with Crippen molar-refractivity contribution >= 4 is 11.8 Å². The van der Waals surface area contributed by atoms with E-state index in [0.29, 0.717) is 45.6 Å². The average molecular weight is 306 g/mol. The van der Waals surface area contributed by atoms with E-state index < -0.39 is 5.41 Å². The van der Waals surface area contributed by atoms with E-state index in [-0.39, 0.29) is 17.9 Å². The maximum absolute atomic E-state index is 12.6. The molecule has 0 atom stereocenters. The van der Waals surface area contributed by atoms with Crippen LogP contribution in [-0.2, 0) is 9.59 Å². The SMILES string of the molecule is CC(C)NC(=O)CN1CCN(C(=O)C2(C#N)CCCC2)CC1. The molecular formula is C16H26N4O2. The topological polar surface area (TPSA) is 76.4 Å². The van der Waals surface area contributed by atoms with Crippen LogP contribution in [0.15, 0.2) is 0 Å². The predicted molar refractivity (Wildman–Crippen MR) is 82.8 cm³/mol. The van der Waals surface area contributed by atoms with E-state index in [1.54, 1.807) is 0 Å². The number of nitrogens with one attached hydrogen (secondary N) is 1. The zero-order valence-electron chi connectivity index (χ0n) is 13.6. The molecular weight excluding hydrogens is 280 g/mol. The van der Waals surface area contributed by atoms with E-state index in [1.165, 1.54) is 0 Å². The third-order valence-electron chi connectivity index (χ3n) is 4.56. The molecule has 1 heterocycles. The Morgan fingerprint density at radius 3 is 2.27 bits per heavy atom. The van der Waals surface area contributed by atoms with Crippen LogP contribution in [0.25, 0.3) is 0 Å². The third kappa shape index (κ3) is 3.77. The fourth-order valence-corrected chi connectivity index (χ4v) is 3.33. The van der Waals surface area contributed by atoms with Crippen LogP contribution in [0.5, 0.6) is 0 Å². The fraction of sp³-hybridized carbons (Fsp3) is 0.812. The van der Waals surface area contributed by atoms with Crippen molar-refractivity contribution in [1.82, 2.24) is 15.1 Å². The van der Waals surface area contributed by atoms with Crippen LogP contribution in [0.1, 0.15) is 39.5 Å². The molecule has 22 heavy (non-hydrogen) atoms. The molecule has 0 unspecified atom stereocenters. The van der Waals surface area contributed by atoms with E-state index in [4.69, 9.17) is 0 Å². The minimum absolute atomic E-state index is 0.00113. The van der Waals surface area contributed by atoms with Crippen LogP contribution >= 0.6 is 0 Å². The number of carbonyl (C=O) groups is 2. The van der Waals surface area contributed by atoms with E-state index in [1.807, 2.05) is 18.7 Å². The first-order valence-electron chi connectivity index (χ1n) is 8.19. The highest BCUT2D eigenvalue weighted by molar-refractivity contribution is 5.86. The van der Waals surface area contributed by atoms with Gasteiger partial charge in [0.2, 0.25) is 11.8 Å². The van der Waals surface area contributed by atoms with Crippen molar-refractivity contribution in [3.8, 4) is 6.07 Å². The number of nitrogens with zero attached hydrogens (tertiary/aromatic N) is 3. The van der Waals surface area contributed by atoms with Gasteiger partial charge in [-0.2, -0.15) is 5.26 Å². The van der Waals surface area contributed by atoms with Gasteiger partial charge in [0.15, 0.2) is 0 Å². The maximum atomic E-state index is 12.6. The summed E-state index contributed by atoms with van der Waals surface area (Å²) in [6, 6.07) is 2.42. The number of hydrogen-bond acceptors (Lipinski definition) is 4. The summed E-state index contributed by atoms with van der Waals surface area (Å²) in [6.45, 7) is 6.87. The van der Waals surface area contributed by atoms with Crippen molar-refractivity contribution in [3.63, 3.8) is 0 Å². The Morgan fingerprint density at radius 1 is 1.18 bits per heavy atom. The summed E-state index contributed by atoms with van der Waals surface area (Å²) in [4.78, 5) is 28.3. The summed E-state index contributed by atoms with van der Waals surface area (Å²) in [5.74, 6) is 0.0258. The van der Waals surface area contributed by atoms with Crippen molar-refractivity contribution in [1.29, 1.82) is 5.26 Å². The molecule has 1 N–H and O–H groups in total. The molecule has 122 valence electrons. The summed E-state index contributed by atoms with van der Waals surface area (Å²) in [7, 11) is 0. The Morgan fingerprint density at radius 2 is 1.77 bits per heavy atom. The molecule has 0 aromatic rings. The van der Waals surface area contributed by atoms with Crippen molar-refractivity contribution in [2.24, 2.45) is 5.41 Å². The third-order valence-corrected chi connectivity index (χ3v) is 4.56. The van der Waals surface area contributed by atoms with Gasteiger partial charge in [0.1, 0.15) is 5.41 Å². The minimum atomic E-state index is -0.781. The smallest absolute Gasteiger partial charge is 0.243 e. The maximum Gasteiger partial charge on any atom is 0.243 e. The number of rotatable bonds is 4. The van der Waals surface area contributed by atoms with Gasteiger partial charge in [-0.05, 0) is 26.7 Å². The second kappa shape index (κ2) is 7.10. The molecule has 2 amide bonds. The van der Waals surface area contributed by atoms with Gasteiger partial charge < -0.3 is 10.2 Å². The highest BCUT2D eigenvalue weighted by atomic mass is 16.2. The molecule has 6 nitrogen and oxygen atoms in total. The van der Waals surface area contributed by atoms with Crippen LogP contribution in [0.3, 0.4) is 0 Å². The van der Waals surface area contributed by atoms with Crippen molar-refractivity contribution < 1.29 is 9.59 Å². The summed E-state index contributed by atoms with van der Waals surface area (Å²) >= 11 is 0. The zero-order valence-corrected chi connectivity index (χ0v) is 13.6. The van der Waals surface area contributed by atoms with Crippen LogP contribution in [0, 0.1) is 16.7 Å². The summed E-state index contributed by atoms with van der Waals surface area (Å²) < 4.78 is 0. The molecule has 0 spiro atoms. The number of hydrogen-bond donors (Lipinski definition) is 1. The Labute approximate surface area is 132 Å². The first kappa shape index (κ1) is 16.8. The van der Waals surface area contributed by atoms with Crippen molar-refractivity contribution in [2.75, 3.05) is 32.7 Å². The Kier molecular flexibility index (Phi) is 5.41. The molecule has 6 heteroatoms.